The summed E-state index contributed by atoms with van der Waals surface area (Å²) in [5.41, 5.74) is 3.59. The number of allylic oxidation sites excluding steroid dienone is 5. The fraction of sp³-hybridized carbons (Fsp3) is 0.333. The van der Waals surface area contributed by atoms with Crippen molar-refractivity contribution in [2.75, 3.05) is 0 Å². The lowest BCUT2D eigenvalue weighted by Gasteiger charge is -2.39. The monoisotopic (exact) mass is 257 g/mol. The number of hydrogen-bond donors (Lipinski definition) is 2. The largest absolute Gasteiger partial charge is 0.504 e. The molecule has 0 aromatic rings. The van der Waals surface area contributed by atoms with Gasteiger partial charge in [0.15, 0.2) is 5.76 Å². The summed E-state index contributed by atoms with van der Waals surface area (Å²) in [6.07, 6.45) is 3.94. The molecule has 3 aliphatic rings. The molecular formula is C15H15NO3. The van der Waals surface area contributed by atoms with E-state index in [1.807, 2.05) is 13.0 Å². The number of rotatable bonds is 0. The molecule has 0 radical (unpaired) electrons. The van der Waals surface area contributed by atoms with Crippen molar-refractivity contribution in [2.45, 2.75) is 27.2 Å². The van der Waals surface area contributed by atoms with Crippen LogP contribution in [0.3, 0.4) is 0 Å². The predicted molar refractivity (Wildman–Crippen MR) is 70.1 cm³/mol. The molecule has 0 aromatic heterocycles. The molecule has 0 saturated carbocycles. The molecule has 2 N–H and O–H groups in total. The Morgan fingerprint density at radius 3 is 2.63 bits per heavy atom. The van der Waals surface area contributed by atoms with Crippen molar-refractivity contribution in [3.05, 3.63) is 45.9 Å². The molecule has 2 aliphatic carbocycles. The van der Waals surface area contributed by atoms with Crippen molar-refractivity contribution in [1.82, 2.24) is 5.32 Å². The molecule has 0 fully saturated rings. The molecule has 0 bridgehead atoms. The fourth-order valence-electron chi connectivity index (χ4n) is 2.96. The van der Waals surface area contributed by atoms with E-state index in [0.717, 1.165) is 22.4 Å². The van der Waals surface area contributed by atoms with E-state index >= 15 is 0 Å². The van der Waals surface area contributed by atoms with Crippen LogP contribution in [0.25, 0.3) is 0 Å². The first-order valence-electron chi connectivity index (χ1n) is 6.24. The topological polar surface area (TPSA) is 66.4 Å². The number of hydrogen-bond acceptors (Lipinski definition) is 3. The Labute approximate surface area is 111 Å². The molecule has 98 valence electrons. The molecule has 1 heterocycles. The van der Waals surface area contributed by atoms with Crippen molar-refractivity contribution in [2.24, 2.45) is 5.41 Å². The summed E-state index contributed by atoms with van der Waals surface area (Å²) in [6, 6.07) is 0. The maximum absolute atomic E-state index is 11.7. The third-order valence-electron chi connectivity index (χ3n) is 4.54. The van der Waals surface area contributed by atoms with Crippen molar-refractivity contribution in [1.29, 1.82) is 0 Å². The fourth-order valence-corrected chi connectivity index (χ4v) is 2.96. The quantitative estimate of drug-likeness (QED) is 0.698. The van der Waals surface area contributed by atoms with E-state index in [-0.39, 0.29) is 17.4 Å². The predicted octanol–water partition coefficient (Wildman–Crippen LogP) is 2.07. The molecule has 0 aromatic carbocycles. The SMILES string of the molecule is CC1=C2CC3(C)C(=CC(=O)C(O)=C3C)C=C2NC1=O. The third kappa shape index (κ3) is 1.40. The highest BCUT2D eigenvalue weighted by molar-refractivity contribution is 6.06. The van der Waals surface area contributed by atoms with Gasteiger partial charge in [-0.2, -0.15) is 0 Å². The van der Waals surface area contributed by atoms with Gasteiger partial charge in [0.25, 0.3) is 5.91 Å². The van der Waals surface area contributed by atoms with Crippen LogP contribution < -0.4 is 5.32 Å². The zero-order valence-corrected chi connectivity index (χ0v) is 11.1. The van der Waals surface area contributed by atoms with Crippen LogP contribution in [-0.4, -0.2) is 16.8 Å². The second-order valence-electron chi connectivity index (χ2n) is 5.56. The molecule has 4 heteroatoms. The Morgan fingerprint density at radius 1 is 1.26 bits per heavy atom. The standard InChI is InChI=1S/C15H15NO3/c1-7-10-6-15(3)8(2)13(18)12(17)5-9(15)4-11(10)16-14(7)19/h4-5,18H,6H2,1-3H3,(H,16,19). The number of aliphatic hydroxyl groups is 1. The second-order valence-corrected chi connectivity index (χ2v) is 5.56. The highest BCUT2D eigenvalue weighted by Crippen LogP contribution is 2.50. The summed E-state index contributed by atoms with van der Waals surface area (Å²) in [5.74, 6) is -0.616. The minimum Gasteiger partial charge on any atom is -0.504 e. The molecule has 1 amide bonds. The molecule has 0 saturated heterocycles. The average Bonchev–Trinajstić information content (AvgIpc) is 2.62. The van der Waals surface area contributed by atoms with Gasteiger partial charge in [0.2, 0.25) is 5.78 Å². The maximum Gasteiger partial charge on any atom is 0.251 e. The highest BCUT2D eigenvalue weighted by atomic mass is 16.3. The van der Waals surface area contributed by atoms with E-state index in [2.05, 4.69) is 5.32 Å². The number of amides is 1. The number of nitrogens with one attached hydrogen (secondary N) is 1. The van der Waals surface area contributed by atoms with Gasteiger partial charge in [-0.05, 0) is 49.1 Å². The van der Waals surface area contributed by atoms with E-state index in [1.165, 1.54) is 6.08 Å². The van der Waals surface area contributed by atoms with Crippen molar-refractivity contribution in [3.63, 3.8) is 0 Å². The third-order valence-corrected chi connectivity index (χ3v) is 4.54. The lowest BCUT2D eigenvalue weighted by Crippen LogP contribution is -2.31. The van der Waals surface area contributed by atoms with Gasteiger partial charge in [-0.3, -0.25) is 9.59 Å². The number of fused-ring (bicyclic) bond motifs is 2. The first-order valence-corrected chi connectivity index (χ1v) is 6.24. The van der Waals surface area contributed by atoms with Crippen LogP contribution in [0, 0.1) is 5.41 Å². The second kappa shape index (κ2) is 3.47. The molecule has 1 aliphatic heterocycles. The van der Waals surface area contributed by atoms with Crippen molar-refractivity contribution >= 4 is 11.7 Å². The smallest absolute Gasteiger partial charge is 0.251 e. The van der Waals surface area contributed by atoms with E-state index < -0.39 is 5.41 Å². The zero-order valence-electron chi connectivity index (χ0n) is 11.1. The molecule has 19 heavy (non-hydrogen) atoms. The van der Waals surface area contributed by atoms with Gasteiger partial charge >= 0.3 is 0 Å². The first-order chi connectivity index (χ1) is 8.84. The van der Waals surface area contributed by atoms with Gasteiger partial charge in [0, 0.05) is 16.7 Å². The zero-order chi connectivity index (χ0) is 13.9. The number of ketones is 1. The summed E-state index contributed by atoms with van der Waals surface area (Å²) in [5, 5.41) is 12.7. The lowest BCUT2D eigenvalue weighted by atomic mass is 9.65. The van der Waals surface area contributed by atoms with Gasteiger partial charge in [-0.25, -0.2) is 0 Å². The van der Waals surface area contributed by atoms with Gasteiger partial charge in [-0.15, -0.1) is 0 Å². The Morgan fingerprint density at radius 2 is 1.95 bits per heavy atom. The maximum atomic E-state index is 11.7. The van der Waals surface area contributed by atoms with Crippen LogP contribution in [0.2, 0.25) is 0 Å². The molecule has 3 rings (SSSR count). The Balaban J connectivity index is 2.22. The van der Waals surface area contributed by atoms with E-state index in [9.17, 15) is 14.7 Å². The van der Waals surface area contributed by atoms with Crippen molar-refractivity contribution < 1.29 is 14.7 Å². The van der Waals surface area contributed by atoms with E-state index in [0.29, 0.717) is 12.0 Å². The molecule has 0 spiro atoms. The normalized spacial score (nSPS) is 29.8. The Bertz CT molecular complexity index is 661. The summed E-state index contributed by atoms with van der Waals surface area (Å²) in [6.45, 7) is 5.57. The highest BCUT2D eigenvalue weighted by Gasteiger charge is 2.43. The van der Waals surface area contributed by atoms with Crippen LogP contribution in [0.4, 0.5) is 0 Å². The number of carbonyl (C=O) groups is 2. The Hall–Kier alpha value is -2.10. The van der Waals surface area contributed by atoms with E-state index in [4.69, 9.17) is 0 Å². The summed E-state index contributed by atoms with van der Waals surface area (Å²) in [4.78, 5) is 23.4. The van der Waals surface area contributed by atoms with Crippen molar-refractivity contribution in [3.8, 4) is 0 Å². The van der Waals surface area contributed by atoms with Gasteiger partial charge in [0.05, 0.1) is 0 Å². The van der Waals surface area contributed by atoms with Crippen LogP contribution in [0.5, 0.6) is 0 Å². The van der Waals surface area contributed by atoms with Crippen LogP contribution in [0.15, 0.2) is 45.9 Å². The average molecular weight is 257 g/mol. The van der Waals surface area contributed by atoms with Crippen LogP contribution in [0.1, 0.15) is 27.2 Å². The number of aliphatic hydroxyl groups excluding tert-OH is 1. The molecule has 1 atom stereocenters. The first kappa shape index (κ1) is 12.0. The minimum atomic E-state index is -0.412. The van der Waals surface area contributed by atoms with Crippen LogP contribution >= 0.6 is 0 Å². The lowest BCUT2D eigenvalue weighted by molar-refractivity contribution is -0.116. The minimum absolute atomic E-state index is 0.0821. The molecular weight excluding hydrogens is 242 g/mol. The Kier molecular flexibility index (Phi) is 2.18. The number of carbonyl (C=O) groups excluding carboxylic acids is 2. The van der Waals surface area contributed by atoms with Crippen LogP contribution in [-0.2, 0) is 9.59 Å². The summed E-state index contributed by atoms with van der Waals surface area (Å²) < 4.78 is 0. The van der Waals surface area contributed by atoms with Gasteiger partial charge in [-0.1, -0.05) is 6.92 Å². The van der Waals surface area contributed by atoms with Gasteiger partial charge in [0.1, 0.15) is 0 Å². The molecule has 1 unspecified atom stereocenters. The molecule has 4 nitrogen and oxygen atoms in total. The summed E-state index contributed by atoms with van der Waals surface area (Å²) in [7, 11) is 0. The van der Waals surface area contributed by atoms with Gasteiger partial charge < -0.3 is 10.4 Å². The summed E-state index contributed by atoms with van der Waals surface area (Å²) >= 11 is 0. The van der Waals surface area contributed by atoms with E-state index in [1.54, 1.807) is 13.8 Å².